The topological polar surface area (TPSA) is 66.8 Å². The van der Waals surface area contributed by atoms with Crippen LogP contribution in [0.5, 0.6) is 0 Å². The highest BCUT2D eigenvalue weighted by atomic mass is 16.5. The average Bonchev–Trinajstić information content (AvgIpc) is 2.38. The third kappa shape index (κ3) is 2.81. The lowest BCUT2D eigenvalue weighted by atomic mass is 10.1. The summed E-state index contributed by atoms with van der Waals surface area (Å²) < 4.78 is 4.87. The maximum atomic E-state index is 11.8. The van der Waals surface area contributed by atoms with Crippen molar-refractivity contribution in [3.05, 3.63) is 29.3 Å². The first-order valence-corrected chi connectivity index (χ1v) is 5.77. The Bertz CT molecular complexity index is 567. The van der Waals surface area contributed by atoms with E-state index >= 15 is 0 Å². The van der Waals surface area contributed by atoms with Crippen molar-refractivity contribution in [1.29, 1.82) is 0 Å². The minimum absolute atomic E-state index is 0.119. The standard InChI is InChI=1S/C14H13NO4/c1-10-4-5-12(11(7-10)3-2-6-16)15-13(17)8-19-9-14(15)18/h4-5,7,16H,6,8-9H2,1H3. The van der Waals surface area contributed by atoms with E-state index in [-0.39, 0.29) is 19.8 Å². The number of ether oxygens (including phenoxy) is 1. The molecule has 0 radical (unpaired) electrons. The van der Waals surface area contributed by atoms with Gasteiger partial charge in [-0.2, -0.15) is 0 Å². The van der Waals surface area contributed by atoms with Crippen LogP contribution in [0.2, 0.25) is 0 Å². The van der Waals surface area contributed by atoms with Crippen LogP contribution < -0.4 is 4.90 Å². The Hall–Kier alpha value is -2.16. The van der Waals surface area contributed by atoms with Gasteiger partial charge in [0.2, 0.25) is 0 Å². The number of carbonyl (C=O) groups is 2. The van der Waals surface area contributed by atoms with E-state index in [1.807, 2.05) is 6.92 Å². The van der Waals surface area contributed by atoms with Crippen LogP contribution in [0.4, 0.5) is 5.69 Å². The molecule has 1 fully saturated rings. The zero-order chi connectivity index (χ0) is 13.8. The Morgan fingerprint density at radius 1 is 1.32 bits per heavy atom. The molecule has 1 aromatic rings. The van der Waals surface area contributed by atoms with Gasteiger partial charge < -0.3 is 9.84 Å². The van der Waals surface area contributed by atoms with Crippen molar-refractivity contribution in [3.63, 3.8) is 0 Å². The van der Waals surface area contributed by atoms with Crippen LogP contribution in [-0.2, 0) is 14.3 Å². The van der Waals surface area contributed by atoms with Gasteiger partial charge in [0, 0.05) is 5.56 Å². The van der Waals surface area contributed by atoms with E-state index in [4.69, 9.17) is 9.84 Å². The lowest BCUT2D eigenvalue weighted by molar-refractivity contribution is -0.138. The Kier molecular flexibility index (Phi) is 3.95. The fraction of sp³-hybridized carbons (Fsp3) is 0.286. The smallest absolute Gasteiger partial charge is 0.259 e. The van der Waals surface area contributed by atoms with Gasteiger partial charge in [-0.3, -0.25) is 9.59 Å². The molecule has 1 saturated heterocycles. The number of aryl methyl sites for hydroxylation is 1. The molecular formula is C14H13NO4. The van der Waals surface area contributed by atoms with Gasteiger partial charge in [-0.25, -0.2) is 4.90 Å². The fourth-order valence-corrected chi connectivity index (χ4v) is 1.84. The highest BCUT2D eigenvalue weighted by Crippen LogP contribution is 2.23. The first kappa shape index (κ1) is 13.3. The van der Waals surface area contributed by atoms with E-state index in [9.17, 15) is 9.59 Å². The van der Waals surface area contributed by atoms with Crippen LogP contribution in [0.3, 0.4) is 0 Å². The number of rotatable bonds is 1. The van der Waals surface area contributed by atoms with Gasteiger partial charge in [0.15, 0.2) is 0 Å². The van der Waals surface area contributed by atoms with E-state index in [1.54, 1.807) is 18.2 Å². The summed E-state index contributed by atoms with van der Waals surface area (Å²) in [6.07, 6.45) is 0. The molecule has 19 heavy (non-hydrogen) atoms. The second-order valence-electron chi connectivity index (χ2n) is 4.10. The molecule has 0 atom stereocenters. The van der Waals surface area contributed by atoms with E-state index in [0.717, 1.165) is 10.5 Å². The first-order chi connectivity index (χ1) is 9.13. The number of aliphatic hydroxyl groups excluding tert-OH is 1. The molecule has 1 aromatic carbocycles. The molecule has 1 heterocycles. The lowest BCUT2D eigenvalue weighted by Gasteiger charge is -2.26. The molecule has 0 unspecified atom stereocenters. The molecule has 0 aliphatic carbocycles. The molecule has 1 aliphatic heterocycles. The summed E-state index contributed by atoms with van der Waals surface area (Å²) in [5.41, 5.74) is 1.93. The van der Waals surface area contributed by atoms with Crippen LogP contribution in [-0.4, -0.2) is 36.7 Å². The number of hydrogen-bond donors (Lipinski definition) is 1. The number of hydrogen-bond acceptors (Lipinski definition) is 4. The highest BCUT2D eigenvalue weighted by Gasteiger charge is 2.29. The van der Waals surface area contributed by atoms with E-state index in [2.05, 4.69) is 11.8 Å². The van der Waals surface area contributed by atoms with Gasteiger partial charge in [-0.1, -0.05) is 17.9 Å². The van der Waals surface area contributed by atoms with Crippen molar-refractivity contribution >= 4 is 17.5 Å². The monoisotopic (exact) mass is 259 g/mol. The molecule has 1 aliphatic rings. The van der Waals surface area contributed by atoms with Gasteiger partial charge >= 0.3 is 0 Å². The third-order valence-corrected chi connectivity index (χ3v) is 2.64. The van der Waals surface area contributed by atoms with Gasteiger partial charge in [0.25, 0.3) is 11.8 Å². The number of amides is 2. The van der Waals surface area contributed by atoms with Crippen molar-refractivity contribution in [2.24, 2.45) is 0 Å². The van der Waals surface area contributed by atoms with E-state index < -0.39 is 11.8 Å². The summed E-state index contributed by atoms with van der Waals surface area (Å²) >= 11 is 0. The molecule has 2 amide bonds. The number of carbonyl (C=O) groups excluding carboxylic acids is 2. The largest absolute Gasteiger partial charge is 0.384 e. The molecule has 5 nitrogen and oxygen atoms in total. The van der Waals surface area contributed by atoms with Crippen LogP contribution in [0.15, 0.2) is 18.2 Å². The fourth-order valence-electron chi connectivity index (χ4n) is 1.84. The molecule has 0 spiro atoms. The van der Waals surface area contributed by atoms with Crippen molar-refractivity contribution < 1.29 is 19.4 Å². The molecule has 1 N–H and O–H groups in total. The number of benzene rings is 1. The van der Waals surface area contributed by atoms with Gasteiger partial charge in [0.1, 0.15) is 19.8 Å². The van der Waals surface area contributed by atoms with Crippen LogP contribution in [0.1, 0.15) is 11.1 Å². The second-order valence-corrected chi connectivity index (χ2v) is 4.10. The molecule has 2 rings (SSSR count). The summed E-state index contributed by atoms with van der Waals surface area (Å²) in [5, 5.41) is 8.76. The zero-order valence-electron chi connectivity index (χ0n) is 10.5. The molecule has 0 saturated carbocycles. The normalized spacial score (nSPS) is 15.2. The number of imide groups is 1. The summed E-state index contributed by atoms with van der Waals surface area (Å²) in [6, 6.07) is 5.25. The number of nitrogens with zero attached hydrogens (tertiary/aromatic N) is 1. The highest BCUT2D eigenvalue weighted by molar-refractivity contribution is 6.17. The first-order valence-electron chi connectivity index (χ1n) is 5.77. The Balaban J connectivity index is 2.48. The minimum Gasteiger partial charge on any atom is -0.384 e. The van der Waals surface area contributed by atoms with Crippen molar-refractivity contribution in [3.8, 4) is 11.8 Å². The van der Waals surface area contributed by atoms with Crippen molar-refractivity contribution in [1.82, 2.24) is 0 Å². The molecule has 0 bridgehead atoms. The summed E-state index contributed by atoms with van der Waals surface area (Å²) in [4.78, 5) is 24.7. The Morgan fingerprint density at radius 3 is 2.63 bits per heavy atom. The predicted octanol–water partition coefficient (Wildman–Crippen LogP) is 0.229. The Labute approximate surface area is 110 Å². The maximum absolute atomic E-state index is 11.8. The van der Waals surface area contributed by atoms with Crippen molar-refractivity contribution in [2.45, 2.75) is 6.92 Å². The summed E-state index contributed by atoms with van der Waals surface area (Å²) in [6.45, 7) is 1.37. The molecule has 98 valence electrons. The number of anilines is 1. The average molecular weight is 259 g/mol. The van der Waals surface area contributed by atoms with Crippen LogP contribution in [0.25, 0.3) is 0 Å². The van der Waals surface area contributed by atoms with E-state index in [0.29, 0.717) is 11.3 Å². The third-order valence-electron chi connectivity index (χ3n) is 2.64. The van der Waals surface area contributed by atoms with Gasteiger partial charge in [0.05, 0.1) is 5.69 Å². The Morgan fingerprint density at radius 2 is 2.00 bits per heavy atom. The van der Waals surface area contributed by atoms with Gasteiger partial charge in [-0.15, -0.1) is 0 Å². The van der Waals surface area contributed by atoms with Crippen molar-refractivity contribution in [2.75, 3.05) is 24.7 Å². The molecule has 0 aromatic heterocycles. The SMILES string of the molecule is Cc1ccc(N2C(=O)COCC2=O)c(C#CCO)c1. The lowest BCUT2D eigenvalue weighted by Crippen LogP contribution is -2.46. The zero-order valence-corrected chi connectivity index (χ0v) is 10.5. The summed E-state index contributed by atoms with van der Waals surface area (Å²) in [7, 11) is 0. The quantitative estimate of drug-likeness (QED) is 0.579. The second kappa shape index (κ2) is 5.65. The number of morpholine rings is 1. The van der Waals surface area contributed by atoms with Crippen LogP contribution >= 0.6 is 0 Å². The molecular weight excluding hydrogens is 246 g/mol. The predicted molar refractivity (Wildman–Crippen MR) is 68.5 cm³/mol. The number of aliphatic hydroxyl groups is 1. The molecule has 5 heteroatoms. The van der Waals surface area contributed by atoms with Crippen LogP contribution in [0, 0.1) is 18.8 Å². The van der Waals surface area contributed by atoms with E-state index in [1.165, 1.54) is 0 Å². The van der Waals surface area contributed by atoms with Gasteiger partial charge in [-0.05, 0) is 24.6 Å². The minimum atomic E-state index is -0.410. The summed E-state index contributed by atoms with van der Waals surface area (Å²) in [5.74, 6) is 4.46. The maximum Gasteiger partial charge on any atom is 0.259 e.